The van der Waals surface area contributed by atoms with Crippen molar-refractivity contribution in [3.63, 3.8) is 0 Å². The van der Waals surface area contributed by atoms with E-state index in [2.05, 4.69) is 36.0 Å². The maximum atomic E-state index is 13.8. The fraction of sp³-hybridized carbons (Fsp3) is 0.0667. The molecular weight excluding hydrogens is 440 g/mol. The van der Waals surface area contributed by atoms with Gasteiger partial charge in [-0.1, -0.05) is 15.9 Å². The van der Waals surface area contributed by atoms with Crippen molar-refractivity contribution < 1.29 is 27.2 Å². The van der Waals surface area contributed by atoms with E-state index in [1.807, 2.05) is 0 Å². The lowest BCUT2D eigenvalue weighted by Gasteiger charge is -2.14. The van der Waals surface area contributed by atoms with Gasteiger partial charge in [-0.3, -0.25) is 10.1 Å². The summed E-state index contributed by atoms with van der Waals surface area (Å²) in [5.41, 5.74) is -0.680. The second kappa shape index (κ2) is 6.95. The van der Waals surface area contributed by atoms with Crippen LogP contribution in [0.5, 0.6) is 5.75 Å². The Hall–Kier alpha value is -3.02. The standard InChI is InChI=1S/C15H7BrF4N4O3/c16-7-3-10(17)9-6-21-14(22-11(9)4-7)23-12-5-8(24(25)26)1-2-13(12)27-15(18,19)20/h1-6H,(H,21,22,23). The number of anilines is 2. The molecule has 1 N–H and O–H groups in total. The van der Waals surface area contributed by atoms with E-state index in [1.165, 1.54) is 12.1 Å². The van der Waals surface area contributed by atoms with Crippen LogP contribution in [0.25, 0.3) is 10.9 Å². The number of hydrogen-bond acceptors (Lipinski definition) is 6. The molecule has 1 heterocycles. The highest BCUT2D eigenvalue weighted by atomic mass is 79.9. The SMILES string of the molecule is O=[N+]([O-])c1ccc(OC(F)(F)F)c(Nc2ncc3c(F)cc(Br)cc3n2)c1. The fourth-order valence-corrected chi connectivity index (χ4v) is 2.60. The smallest absolute Gasteiger partial charge is 0.404 e. The van der Waals surface area contributed by atoms with Gasteiger partial charge in [-0.2, -0.15) is 0 Å². The predicted molar refractivity (Wildman–Crippen MR) is 90.3 cm³/mol. The van der Waals surface area contributed by atoms with Crippen molar-refractivity contribution in [2.75, 3.05) is 5.32 Å². The number of nitro groups is 1. The van der Waals surface area contributed by atoms with Gasteiger partial charge in [0.1, 0.15) is 5.82 Å². The van der Waals surface area contributed by atoms with Crippen molar-refractivity contribution in [1.82, 2.24) is 9.97 Å². The monoisotopic (exact) mass is 446 g/mol. The summed E-state index contributed by atoms with van der Waals surface area (Å²) in [5.74, 6) is -1.51. The van der Waals surface area contributed by atoms with Crippen LogP contribution in [0, 0.1) is 15.9 Å². The summed E-state index contributed by atoms with van der Waals surface area (Å²) in [6.45, 7) is 0. The summed E-state index contributed by atoms with van der Waals surface area (Å²) in [4.78, 5) is 17.9. The normalized spacial score (nSPS) is 11.4. The van der Waals surface area contributed by atoms with Crippen LogP contribution in [0.3, 0.4) is 0 Å². The molecule has 2 aromatic carbocycles. The summed E-state index contributed by atoms with van der Waals surface area (Å²) in [6.07, 6.45) is -3.88. The molecule has 0 aliphatic heterocycles. The van der Waals surface area contributed by atoms with E-state index in [1.54, 1.807) is 0 Å². The second-order valence-corrected chi connectivity index (χ2v) is 6.04. The number of non-ortho nitro benzene ring substituents is 1. The van der Waals surface area contributed by atoms with E-state index in [4.69, 9.17) is 0 Å². The minimum Gasteiger partial charge on any atom is -0.404 e. The molecule has 1 aromatic heterocycles. The van der Waals surface area contributed by atoms with Crippen LogP contribution in [0.15, 0.2) is 41.0 Å². The molecule has 140 valence electrons. The molecule has 0 radical (unpaired) electrons. The van der Waals surface area contributed by atoms with E-state index in [9.17, 15) is 27.7 Å². The van der Waals surface area contributed by atoms with Gasteiger partial charge in [0.15, 0.2) is 5.75 Å². The molecule has 0 saturated heterocycles. The van der Waals surface area contributed by atoms with E-state index in [0.29, 0.717) is 4.47 Å². The number of benzene rings is 2. The number of fused-ring (bicyclic) bond motifs is 1. The molecule has 0 fully saturated rings. The fourth-order valence-electron chi connectivity index (χ4n) is 2.18. The van der Waals surface area contributed by atoms with Gasteiger partial charge in [0.2, 0.25) is 5.95 Å². The summed E-state index contributed by atoms with van der Waals surface area (Å²) in [5, 5.41) is 13.4. The summed E-state index contributed by atoms with van der Waals surface area (Å²) in [6, 6.07) is 5.18. The van der Waals surface area contributed by atoms with Crippen molar-refractivity contribution in [3.05, 3.63) is 56.9 Å². The Morgan fingerprint density at radius 3 is 2.63 bits per heavy atom. The van der Waals surface area contributed by atoms with Crippen molar-refractivity contribution in [2.45, 2.75) is 6.36 Å². The lowest BCUT2D eigenvalue weighted by atomic mass is 10.2. The van der Waals surface area contributed by atoms with E-state index in [-0.39, 0.29) is 22.5 Å². The van der Waals surface area contributed by atoms with Crippen LogP contribution in [0.2, 0.25) is 0 Å². The van der Waals surface area contributed by atoms with Gasteiger partial charge in [-0.25, -0.2) is 14.4 Å². The molecule has 0 amide bonds. The van der Waals surface area contributed by atoms with E-state index < -0.39 is 28.5 Å². The zero-order chi connectivity index (χ0) is 19.8. The minimum absolute atomic E-state index is 0.0922. The topological polar surface area (TPSA) is 90.2 Å². The zero-order valence-corrected chi connectivity index (χ0v) is 14.5. The molecule has 7 nitrogen and oxygen atoms in total. The summed E-state index contributed by atoms with van der Waals surface area (Å²) >= 11 is 3.10. The Bertz CT molecular complexity index is 1050. The number of nitrogens with zero attached hydrogens (tertiary/aromatic N) is 3. The highest BCUT2D eigenvalue weighted by Gasteiger charge is 2.32. The van der Waals surface area contributed by atoms with Gasteiger partial charge in [0, 0.05) is 22.8 Å². The third kappa shape index (κ3) is 4.39. The second-order valence-electron chi connectivity index (χ2n) is 5.12. The molecule has 27 heavy (non-hydrogen) atoms. The van der Waals surface area contributed by atoms with Crippen LogP contribution < -0.4 is 10.1 Å². The van der Waals surface area contributed by atoms with Crippen LogP contribution in [-0.4, -0.2) is 21.3 Å². The lowest BCUT2D eigenvalue weighted by molar-refractivity contribution is -0.384. The molecule has 3 rings (SSSR count). The Labute approximate surface area is 156 Å². The van der Waals surface area contributed by atoms with Gasteiger partial charge in [-0.05, 0) is 18.2 Å². The van der Waals surface area contributed by atoms with Crippen LogP contribution in [0.4, 0.5) is 34.9 Å². The quantitative estimate of drug-likeness (QED) is 0.341. The van der Waals surface area contributed by atoms with Crippen LogP contribution in [0.1, 0.15) is 0 Å². The number of aromatic nitrogens is 2. The molecule has 0 aliphatic rings. The van der Waals surface area contributed by atoms with Crippen LogP contribution in [-0.2, 0) is 0 Å². The Balaban J connectivity index is 2.03. The maximum Gasteiger partial charge on any atom is 0.573 e. The van der Waals surface area contributed by atoms with Crippen molar-refractivity contribution in [2.24, 2.45) is 0 Å². The first-order valence-corrected chi connectivity index (χ1v) is 7.85. The average Bonchev–Trinajstić information content (AvgIpc) is 2.54. The Morgan fingerprint density at radius 2 is 1.96 bits per heavy atom. The highest BCUT2D eigenvalue weighted by Crippen LogP contribution is 2.35. The van der Waals surface area contributed by atoms with Crippen LogP contribution >= 0.6 is 15.9 Å². The summed E-state index contributed by atoms with van der Waals surface area (Å²) in [7, 11) is 0. The first-order chi connectivity index (χ1) is 12.6. The number of halogens is 5. The first-order valence-electron chi connectivity index (χ1n) is 7.05. The van der Waals surface area contributed by atoms with E-state index in [0.717, 1.165) is 24.4 Å². The number of alkyl halides is 3. The first kappa shape index (κ1) is 18.8. The third-order valence-corrected chi connectivity index (χ3v) is 3.72. The van der Waals surface area contributed by atoms with Gasteiger partial charge in [0.05, 0.1) is 21.5 Å². The minimum atomic E-state index is -5.01. The molecule has 12 heteroatoms. The van der Waals surface area contributed by atoms with Gasteiger partial charge in [-0.15, -0.1) is 13.2 Å². The van der Waals surface area contributed by atoms with Crippen molar-refractivity contribution in [1.29, 1.82) is 0 Å². The van der Waals surface area contributed by atoms with Crippen molar-refractivity contribution in [3.8, 4) is 5.75 Å². The highest BCUT2D eigenvalue weighted by molar-refractivity contribution is 9.10. The zero-order valence-electron chi connectivity index (χ0n) is 12.9. The number of nitrogens with one attached hydrogen (secondary N) is 1. The number of nitro benzene ring substituents is 1. The van der Waals surface area contributed by atoms with Crippen molar-refractivity contribution >= 4 is 44.2 Å². The molecule has 0 atom stereocenters. The number of hydrogen-bond donors (Lipinski definition) is 1. The Morgan fingerprint density at radius 1 is 1.22 bits per heavy atom. The van der Waals surface area contributed by atoms with E-state index >= 15 is 0 Å². The van der Waals surface area contributed by atoms with Gasteiger partial charge >= 0.3 is 6.36 Å². The largest absolute Gasteiger partial charge is 0.573 e. The Kier molecular flexibility index (Phi) is 4.83. The molecular formula is C15H7BrF4N4O3. The van der Waals surface area contributed by atoms with Gasteiger partial charge in [0.25, 0.3) is 5.69 Å². The molecule has 0 unspecified atom stereocenters. The predicted octanol–water partition coefficient (Wildman–Crippen LogP) is 5.08. The molecule has 3 aromatic rings. The maximum absolute atomic E-state index is 13.8. The molecule has 0 spiro atoms. The number of rotatable bonds is 4. The lowest BCUT2D eigenvalue weighted by Crippen LogP contribution is -2.18. The number of ether oxygens (including phenoxy) is 1. The third-order valence-electron chi connectivity index (χ3n) is 3.26. The molecule has 0 aliphatic carbocycles. The average molecular weight is 447 g/mol. The molecule has 0 bridgehead atoms. The van der Waals surface area contributed by atoms with Gasteiger partial charge < -0.3 is 10.1 Å². The molecule has 0 saturated carbocycles. The summed E-state index contributed by atoms with van der Waals surface area (Å²) < 4.78 is 55.8.